The predicted octanol–water partition coefficient (Wildman–Crippen LogP) is 1.96. The molecule has 0 aromatic carbocycles. The van der Waals surface area contributed by atoms with E-state index in [1.165, 1.54) is 0 Å². The fourth-order valence-corrected chi connectivity index (χ4v) is 1.73. The van der Waals surface area contributed by atoms with Crippen LogP contribution in [0.4, 0.5) is 13.2 Å². The number of primary amides is 1. The number of halogens is 3. The largest absolute Gasteiger partial charge is 0.389 e. The number of nitrogens with two attached hydrogens (primary N) is 1. The molecular weight excluding hydrogens is 221 g/mol. The lowest BCUT2D eigenvalue weighted by Crippen LogP contribution is -2.45. The third kappa shape index (κ3) is 7.50. The first-order valence-corrected chi connectivity index (χ1v) is 5.28. The molecule has 0 saturated carbocycles. The van der Waals surface area contributed by atoms with Gasteiger partial charge >= 0.3 is 6.18 Å². The molecule has 0 spiro atoms. The minimum atomic E-state index is -4.14. The molecule has 0 aliphatic carbocycles. The van der Waals surface area contributed by atoms with E-state index in [2.05, 4.69) is 5.32 Å². The summed E-state index contributed by atoms with van der Waals surface area (Å²) in [6.45, 7) is 4.15. The van der Waals surface area contributed by atoms with Gasteiger partial charge in [0, 0.05) is 18.4 Å². The van der Waals surface area contributed by atoms with Gasteiger partial charge in [0.2, 0.25) is 5.91 Å². The van der Waals surface area contributed by atoms with E-state index in [0.717, 1.165) is 0 Å². The van der Waals surface area contributed by atoms with Crippen LogP contribution < -0.4 is 11.1 Å². The molecule has 3 nitrogen and oxygen atoms in total. The number of hydrogen-bond donors (Lipinski definition) is 2. The van der Waals surface area contributed by atoms with E-state index >= 15 is 0 Å². The summed E-state index contributed by atoms with van der Waals surface area (Å²) in [5, 5.41) is 3.01. The average Bonchev–Trinajstić information content (AvgIpc) is 1.99. The quantitative estimate of drug-likeness (QED) is 0.714. The first-order chi connectivity index (χ1) is 7.18. The van der Waals surface area contributed by atoms with Crippen LogP contribution in [0.3, 0.4) is 0 Å². The number of nitrogens with one attached hydrogen (secondary N) is 1. The molecule has 0 radical (unpaired) electrons. The van der Waals surface area contributed by atoms with E-state index in [1.54, 1.807) is 6.92 Å². The standard InChI is InChI=1S/C10H19F3N2O/c1-3-15-9(2,7-8(14)16)5-4-6-10(11,12)13/h15H,3-7H2,1-2H3,(H2,14,16). The van der Waals surface area contributed by atoms with Gasteiger partial charge in [-0.2, -0.15) is 13.2 Å². The highest BCUT2D eigenvalue weighted by atomic mass is 19.4. The monoisotopic (exact) mass is 240 g/mol. The molecular formula is C10H19F3N2O. The molecule has 16 heavy (non-hydrogen) atoms. The van der Waals surface area contributed by atoms with Gasteiger partial charge in [0.1, 0.15) is 0 Å². The zero-order valence-electron chi connectivity index (χ0n) is 9.66. The van der Waals surface area contributed by atoms with Crippen molar-refractivity contribution in [2.24, 2.45) is 5.73 Å². The number of carbonyl (C=O) groups excluding carboxylic acids is 1. The summed E-state index contributed by atoms with van der Waals surface area (Å²) in [6.07, 6.45) is -4.63. The van der Waals surface area contributed by atoms with Gasteiger partial charge in [0.15, 0.2) is 0 Å². The molecule has 0 bridgehead atoms. The van der Waals surface area contributed by atoms with Crippen LogP contribution in [-0.2, 0) is 4.79 Å². The average molecular weight is 240 g/mol. The van der Waals surface area contributed by atoms with Crippen LogP contribution in [0, 0.1) is 0 Å². The van der Waals surface area contributed by atoms with E-state index in [4.69, 9.17) is 5.73 Å². The van der Waals surface area contributed by atoms with Crippen LogP contribution in [0.1, 0.15) is 39.5 Å². The Morgan fingerprint density at radius 2 is 1.88 bits per heavy atom. The molecule has 0 rings (SSSR count). The number of carbonyl (C=O) groups is 1. The molecule has 0 saturated heterocycles. The summed E-state index contributed by atoms with van der Waals surface area (Å²) >= 11 is 0. The molecule has 6 heteroatoms. The van der Waals surface area contributed by atoms with Gasteiger partial charge in [0.05, 0.1) is 0 Å². The Morgan fingerprint density at radius 1 is 1.31 bits per heavy atom. The first-order valence-electron chi connectivity index (χ1n) is 5.28. The van der Waals surface area contributed by atoms with Crippen LogP contribution in [0.25, 0.3) is 0 Å². The highest BCUT2D eigenvalue weighted by Gasteiger charge is 2.30. The van der Waals surface area contributed by atoms with E-state index in [0.29, 0.717) is 6.54 Å². The predicted molar refractivity (Wildman–Crippen MR) is 55.8 cm³/mol. The van der Waals surface area contributed by atoms with Crippen molar-refractivity contribution in [1.29, 1.82) is 0 Å². The number of alkyl halides is 3. The maximum atomic E-state index is 12.0. The Kier molecular flexibility index (Phi) is 5.78. The second-order valence-corrected chi connectivity index (χ2v) is 4.20. The Labute approximate surface area is 93.6 Å². The van der Waals surface area contributed by atoms with Gasteiger partial charge in [-0.05, 0) is 26.3 Å². The van der Waals surface area contributed by atoms with Crippen molar-refractivity contribution in [2.45, 2.75) is 51.2 Å². The van der Waals surface area contributed by atoms with Crippen molar-refractivity contribution in [3.05, 3.63) is 0 Å². The summed E-state index contributed by atoms with van der Waals surface area (Å²) in [5.41, 5.74) is 4.43. The molecule has 0 aliphatic heterocycles. The number of rotatable bonds is 7. The molecule has 96 valence electrons. The van der Waals surface area contributed by atoms with Crippen molar-refractivity contribution in [3.8, 4) is 0 Å². The van der Waals surface area contributed by atoms with E-state index in [9.17, 15) is 18.0 Å². The number of hydrogen-bond acceptors (Lipinski definition) is 2. The molecule has 3 N–H and O–H groups in total. The fraction of sp³-hybridized carbons (Fsp3) is 0.900. The number of amides is 1. The van der Waals surface area contributed by atoms with Crippen LogP contribution >= 0.6 is 0 Å². The third-order valence-corrected chi connectivity index (χ3v) is 2.36. The molecule has 1 unspecified atom stereocenters. The molecule has 0 aromatic rings. The van der Waals surface area contributed by atoms with Gasteiger partial charge in [-0.25, -0.2) is 0 Å². The minimum absolute atomic E-state index is 0.000278. The molecule has 0 heterocycles. The van der Waals surface area contributed by atoms with Crippen molar-refractivity contribution in [1.82, 2.24) is 5.32 Å². The smallest absolute Gasteiger partial charge is 0.370 e. The van der Waals surface area contributed by atoms with Gasteiger partial charge in [0.25, 0.3) is 0 Å². The maximum Gasteiger partial charge on any atom is 0.389 e. The van der Waals surface area contributed by atoms with Gasteiger partial charge in [-0.1, -0.05) is 6.92 Å². The first kappa shape index (κ1) is 15.2. The summed E-state index contributed by atoms with van der Waals surface area (Å²) < 4.78 is 35.9. The van der Waals surface area contributed by atoms with Crippen LogP contribution in [-0.4, -0.2) is 24.2 Å². The fourth-order valence-electron chi connectivity index (χ4n) is 1.73. The molecule has 0 aliphatic rings. The summed E-state index contributed by atoms with van der Waals surface area (Å²) in [6, 6.07) is 0. The Balaban J connectivity index is 4.17. The lowest BCUT2D eigenvalue weighted by molar-refractivity contribution is -0.136. The van der Waals surface area contributed by atoms with Crippen molar-refractivity contribution < 1.29 is 18.0 Å². The maximum absolute atomic E-state index is 12.0. The van der Waals surface area contributed by atoms with E-state index in [-0.39, 0.29) is 19.3 Å². The molecule has 0 aromatic heterocycles. The van der Waals surface area contributed by atoms with Crippen LogP contribution in [0.15, 0.2) is 0 Å². The van der Waals surface area contributed by atoms with Crippen molar-refractivity contribution >= 4 is 5.91 Å². The van der Waals surface area contributed by atoms with E-state index < -0.39 is 24.0 Å². The highest BCUT2D eigenvalue weighted by molar-refractivity contribution is 5.75. The van der Waals surface area contributed by atoms with Crippen molar-refractivity contribution in [2.75, 3.05) is 6.54 Å². The van der Waals surface area contributed by atoms with Crippen LogP contribution in [0.2, 0.25) is 0 Å². The van der Waals surface area contributed by atoms with Gasteiger partial charge in [-0.3, -0.25) is 4.79 Å². The minimum Gasteiger partial charge on any atom is -0.370 e. The lowest BCUT2D eigenvalue weighted by atomic mass is 9.90. The summed E-state index contributed by atoms with van der Waals surface area (Å²) in [5.74, 6) is -0.504. The Hall–Kier alpha value is -0.780. The zero-order chi connectivity index (χ0) is 12.8. The summed E-state index contributed by atoms with van der Waals surface area (Å²) in [7, 11) is 0. The summed E-state index contributed by atoms with van der Waals surface area (Å²) in [4.78, 5) is 10.8. The normalized spacial score (nSPS) is 15.8. The van der Waals surface area contributed by atoms with Gasteiger partial charge in [-0.15, -0.1) is 0 Å². The Morgan fingerprint density at radius 3 is 2.25 bits per heavy atom. The second kappa shape index (κ2) is 6.08. The van der Waals surface area contributed by atoms with Crippen molar-refractivity contribution in [3.63, 3.8) is 0 Å². The molecule has 1 amide bonds. The van der Waals surface area contributed by atoms with Crippen LogP contribution in [0.5, 0.6) is 0 Å². The lowest BCUT2D eigenvalue weighted by Gasteiger charge is -2.29. The SMILES string of the molecule is CCNC(C)(CCCC(F)(F)F)CC(N)=O. The topological polar surface area (TPSA) is 55.1 Å². The second-order valence-electron chi connectivity index (χ2n) is 4.20. The third-order valence-electron chi connectivity index (χ3n) is 2.36. The highest BCUT2D eigenvalue weighted by Crippen LogP contribution is 2.26. The van der Waals surface area contributed by atoms with Gasteiger partial charge < -0.3 is 11.1 Å². The molecule has 0 fully saturated rings. The van der Waals surface area contributed by atoms with E-state index in [1.807, 2.05) is 6.92 Å². The zero-order valence-corrected chi connectivity index (χ0v) is 9.66. The molecule has 1 atom stereocenters. The Bertz CT molecular complexity index is 231.